The zero-order valence-electron chi connectivity index (χ0n) is 17.5. The van der Waals surface area contributed by atoms with Gasteiger partial charge in [0.2, 0.25) is 0 Å². The molecule has 3 aromatic rings. The summed E-state index contributed by atoms with van der Waals surface area (Å²) in [6, 6.07) is 16.8. The van der Waals surface area contributed by atoms with Crippen molar-refractivity contribution in [3.05, 3.63) is 83.3 Å². The van der Waals surface area contributed by atoms with Crippen LogP contribution in [-0.4, -0.2) is 37.0 Å². The van der Waals surface area contributed by atoms with E-state index in [-0.39, 0.29) is 18.5 Å². The Bertz CT molecular complexity index is 1070. The predicted octanol–water partition coefficient (Wildman–Crippen LogP) is 4.29. The summed E-state index contributed by atoms with van der Waals surface area (Å²) in [7, 11) is 2.94. The van der Waals surface area contributed by atoms with Crippen LogP contribution in [0.25, 0.3) is 0 Å². The third kappa shape index (κ3) is 5.51. The lowest BCUT2D eigenvalue weighted by Crippen LogP contribution is -2.26. The summed E-state index contributed by atoms with van der Waals surface area (Å²) >= 11 is 0. The average molecular weight is 421 g/mol. The molecule has 160 valence electrons. The van der Waals surface area contributed by atoms with Gasteiger partial charge in [0.1, 0.15) is 17.1 Å². The highest BCUT2D eigenvalue weighted by Gasteiger charge is 2.18. The van der Waals surface area contributed by atoms with Crippen molar-refractivity contribution >= 4 is 29.3 Å². The van der Waals surface area contributed by atoms with E-state index in [4.69, 9.17) is 9.15 Å². The first kappa shape index (κ1) is 21.6. The molecule has 2 N–H and O–H groups in total. The van der Waals surface area contributed by atoms with E-state index in [0.717, 1.165) is 0 Å². The molecule has 0 unspecified atom stereocenters. The maximum absolute atomic E-state index is 12.7. The van der Waals surface area contributed by atoms with E-state index in [1.54, 1.807) is 56.4 Å². The number of carbonyl (C=O) groups excluding carboxylic acids is 3. The molecule has 0 saturated carbocycles. The van der Waals surface area contributed by atoms with Crippen molar-refractivity contribution in [2.75, 3.05) is 24.8 Å². The van der Waals surface area contributed by atoms with Crippen molar-refractivity contribution in [3.63, 3.8) is 0 Å². The minimum absolute atomic E-state index is 0.191. The largest absolute Gasteiger partial charge is 0.465 e. The molecule has 1 heterocycles. The number of rotatable bonds is 6. The standard InChI is InChI=1S/C23H23N3O5/c1-15-20(22(28)30-3)13-19(31-15)14-26(2)21(27)16-9-11-18(12-10-16)25-23(29)24-17-7-5-4-6-8-17/h4-13H,14H2,1-3H3,(H2,24,25,29). The zero-order valence-corrected chi connectivity index (χ0v) is 17.5. The molecule has 31 heavy (non-hydrogen) atoms. The third-order valence-electron chi connectivity index (χ3n) is 4.54. The van der Waals surface area contributed by atoms with Gasteiger partial charge in [-0.05, 0) is 49.4 Å². The molecular weight excluding hydrogens is 398 g/mol. The van der Waals surface area contributed by atoms with Crippen molar-refractivity contribution in [1.29, 1.82) is 0 Å². The van der Waals surface area contributed by atoms with Gasteiger partial charge in [-0.15, -0.1) is 0 Å². The molecule has 0 spiro atoms. The Morgan fingerprint density at radius 2 is 1.58 bits per heavy atom. The molecular formula is C23H23N3O5. The molecule has 1 aromatic heterocycles. The van der Waals surface area contributed by atoms with E-state index >= 15 is 0 Å². The second-order valence-electron chi connectivity index (χ2n) is 6.86. The van der Waals surface area contributed by atoms with Crippen LogP contribution >= 0.6 is 0 Å². The molecule has 0 atom stereocenters. The van der Waals surface area contributed by atoms with Crippen LogP contribution in [0.15, 0.2) is 65.1 Å². The maximum atomic E-state index is 12.7. The molecule has 8 heteroatoms. The summed E-state index contributed by atoms with van der Waals surface area (Å²) in [5, 5.41) is 5.44. The quantitative estimate of drug-likeness (QED) is 0.578. The van der Waals surface area contributed by atoms with E-state index in [1.165, 1.54) is 12.0 Å². The number of ether oxygens (including phenoxy) is 1. The number of benzene rings is 2. The normalized spacial score (nSPS) is 10.3. The van der Waals surface area contributed by atoms with Gasteiger partial charge in [-0.25, -0.2) is 9.59 Å². The Morgan fingerprint density at radius 1 is 0.968 bits per heavy atom. The predicted molar refractivity (Wildman–Crippen MR) is 116 cm³/mol. The molecule has 0 fully saturated rings. The summed E-state index contributed by atoms with van der Waals surface area (Å²) in [5.41, 5.74) is 2.02. The van der Waals surface area contributed by atoms with Gasteiger partial charge in [0.15, 0.2) is 0 Å². The number of hydrogen-bond acceptors (Lipinski definition) is 5. The molecule has 3 amide bonds. The van der Waals surface area contributed by atoms with Gasteiger partial charge < -0.3 is 24.7 Å². The molecule has 0 saturated heterocycles. The SMILES string of the molecule is COC(=O)c1cc(CN(C)C(=O)c2ccc(NC(=O)Nc3ccccc3)cc2)oc1C. The van der Waals surface area contributed by atoms with Crippen LogP contribution in [-0.2, 0) is 11.3 Å². The van der Waals surface area contributed by atoms with Gasteiger partial charge in [0.25, 0.3) is 5.91 Å². The van der Waals surface area contributed by atoms with E-state index in [1.807, 2.05) is 18.2 Å². The van der Waals surface area contributed by atoms with Gasteiger partial charge in [0.05, 0.1) is 13.7 Å². The Balaban J connectivity index is 1.59. The van der Waals surface area contributed by atoms with Crippen LogP contribution in [0.4, 0.5) is 16.2 Å². The van der Waals surface area contributed by atoms with Crippen molar-refractivity contribution in [2.45, 2.75) is 13.5 Å². The lowest BCUT2D eigenvalue weighted by atomic mass is 10.2. The highest BCUT2D eigenvalue weighted by atomic mass is 16.5. The first-order valence-electron chi connectivity index (χ1n) is 9.53. The lowest BCUT2D eigenvalue weighted by Gasteiger charge is -2.16. The zero-order chi connectivity index (χ0) is 22.4. The molecule has 0 aliphatic rings. The Hall–Kier alpha value is -4.07. The van der Waals surface area contributed by atoms with Crippen LogP contribution in [0.1, 0.15) is 32.2 Å². The first-order chi connectivity index (χ1) is 14.9. The number of urea groups is 1. The van der Waals surface area contributed by atoms with E-state index in [9.17, 15) is 14.4 Å². The summed E-state index contributed by atoms with van der Waals surface area (Å²) in [6.45, 7) is 1.85. The van der Waals surface area contributed by atoms with Crippen molar-refractivity contribution in [2.24, 2.45) is 0 Å². The molecule has 0 aliphatic heterocycles. The van der Waals surface area contributed by atoms with Gasteiger partial charge in [-0.1, -0.05) is 18.2 Å². The van der Waals surface area contributed by atoms with Crippen LogP contribution in [0, 0.1) is 6.92 Å². The van der Waals surface area contributed by atoms with Crippen LogP contribution in [0.3, 0.4) is 0 Å². The average Bonchev–Trinajstić information content (AvgIpc) is 3.13. The molecule has 0 radical (unpaired) electrons. The molecule has 0 aliphatic carbocycles. The number of hydrogen-bond donors (Lipinski definition) is 2. The Kier molecular flexibility index (Phi) is 6.71. The van der Waals surface area contributed by atoms with Gasteiger partial charge in [-0.2, -0.15) is 0 Å². The number of nitrogens with one attached hydrogen (secondary N) is 2. The van der Waals surface area contributed by atoms with Crippen LogP contribution < -0.4 is 10.6 Å². The smallest absolute Gasteiger partial charge is 0.341 e. The monoisotopic (exact) mass is 421 g/mol. The number of anilines is 2. The van der Waals surface area contributed by atoms with Gasteiger partial charge >= 0.3 is 12.0 Å². The highest BCUT2D eigenvalue weighted by molar-refractivity contribution is 6.00. The van der Waals surface area contributed by atoms with Crippen molar-refractivity contribution < 1.29 is 23.5 Å². The fourth-order valence-electron chi connectivity index (χ4n) is 2.97. The van der Waals surface area contributed by atoms with E-state index < -0.39 is 5.97 Å². The minimum Gasteiger partial charge on any atom is -0.465 e. The van der Waals surface area contributed by atoms with Crippen LogP contribution in [0.2, 0.25) is 0 Å². The second-order valence-corrected chi connectivity index (χ2v) is 6.86. The summed E-state index contributed by atoms with van der Waals surface area (Å²) < 4.78 is 10.3. The second kappa shape index (κ2) is 9.62. The number of nitrogens with zero attached hydrogens (tertiary/aromatic N) is 1. The number of esters is 1. The van der Waals surface area contributed by atoms with Crippen molar-refractivity contribution in [3.8, 4) is 0 Å². The van der Waals surface area contributed by atoms with Crippen molar-refractivity contribution in [1.82, 2.24) is 4.90 Å². The number of amides is 3. The van der Waals surface area contributed by atoms with Gasteiger partial charge in [-0.3, -0.25) is 4.79 Å². The minimum atomic E-state index is -0.485. The fourth-order valence-corrected chi connectivity index (χ4v) is 2.97. The fraction of sp³-hybridized carbons (Fsp3) is 0.174. The Morgan fingerprint density at radius 3 is 2.19 bits per heavy atom. The molecule has 3 rings (SSSR count). The molecule has 8 nitrogen and oxygen atoms in total. The maximum Gasteiger partial charge on any atom is 0.341 e. The number of methoxy groups -OCH3 is 1. The number of furan rings is 1. The summed E-state index contributed by atoms with van der Waals surface area (Å²) in [4.78, 5) is 37.9. The van der Waals surface area contributed by atoms with Crippen LogP contribution in [0.5, 0.6) is 0 Å². The first-order valence-corrected chi connectivity index (χ1v) is 9.53. The topological polar surface area (TPSA) is 101 Å². The lowest BCUT2D eigenvalue weighted by molar-refractivity contribution is 0.0598. The number of carbonyl (C=O) groups is 3. The van der Waals surface area contributed by atoms with E-state index in [2.05, 4.69) is 10.6 Å². The van der Waals surface area contributed by atoms with E-state index in [0.29, 0.717) is 34.0 Å². The van der Waals surface area contributed by atoms with Gasteiger partial charge in [0, 0.05) is 24.0 Å². The number of para-hydroxylation sites is 1. The molecule has 2 aromatic carbocycles. The highest BCUT2D eigenvalue weighted by Crippen LogP contribution is 2.18. The number of aryl methyl sites for hydroxylation is 1. The third-order valence-corrected chi connectivity index (χ3v) is 4.54. The molecule has 0 bridgehead atoms. The summed E-state index contributed by atoms with van der Waals surface area (Å²) in [5.74, 6) is 0.200. The Labute approximate surface area is 179 Å². The summed E-state index contributed by atoms with van der Waals surface area (Å²) in [6.07, 6.45) is 0.